The molecule has 0 aliphatic carbocycles. The number of rotatable bonds is 7. The first-order valence-electron chi connectivity index (χ1n) is 6.24. The Balaban J connectivity index is 2.75. The Morgan fingerprint density at radius 1 is 1.37 bits per heavy atom. The van der Waals surface area contributed by atoms with Gasteiger partial charge in [-0.2, -0.15) is 0 Å². The molecule has 0 saturated heterocycles. The third kappa shape index (κ3) is 5.46. The van der Waals surface area contributed by atoms with E-state index in [1.807, 2.05) is 0 Å². The molecule has 1 rings (SSSR count). The van der Waals surface area contributed by atoms with E-state index in [4.69, 9.17) is 14.6 Å². The van der Waals surface area contributed by atoms with E-state index in [0.717, 1.165) is 18.1 Å². The maximum absolute atomic E-state index is 10.5. The van der Waals surface area contributed by atoms with Crippen LogP contribution in [0.4, 0.5) is 0 Å². The van der Waals surface area contributed by atoms with E-state index in [9.17, 15) is 4.79 Å². The average Bonchev–Trinajstić information content (AvgIpc) is 2.36. The van der Waals surface area contributed by atoms with Crippen molar-refractivity contribution in [3.63, 3.8) is 0 Å². The number of carboxylic acids is 1. The Morgan fingerprint density at radius 2 is 2.11 bits per heavy atom. The van der Waals surface area contributed by atoms with E-state index in [1.165, 1.54) is 6.08 Å². The Hall–Kier alpha value is -1.97. The Kier molecular flexibility index (Phi) is 5.93. The van der Waals surface area contributed by atoms with Crippen molar-refractivity contribution in [1.82, 2.24) is 0 Å². The predicted molar refractivity (Wildman–Crippen MR) is 74.6 cm³/mol. The molecule has 0 aliphatic heterocycles. The van der Waals surface area contributed by atoms with Crippen LogP contribution in [0.15, 0.2) is 24.3 Å². The summed E-state index contributed by atoms with van der Waals surface area (Å²) in [5.41, 5.74) is 0.760. The third-order valence-corrected chi connectivity index (χ3v) is 2.56. The standard InChI is InChI=1S/C15H20O4/c1-11(2)8-9-19-13-6-4-12(5-7-15(16)17)10-14(13)18-3/h4-7,10-11H,8-9H2,1-3H3,(H,16,17). The molecule has 0 spiro atoms. The monoisotopic (exact) mass is 264 g/mol. The van der Waals surface area contributed by atoms with Gasteiger partial charge in [0.15, 0.2) is 11.5 Å². The van der Waals surface area contributed by atoms with Gasteiger partial charge in [0.1, 0.15) is 0 Å². The minimum atomic E-state index is -0.976. The van der Waals surface area contributed by atoms with Crippen LogP contribution < -0.4 is 9.47 Å². The van der Waals surface area contributed by atoms with E-state index in [-0.39, 0.29) is 0 Å². The van der Waals surface area contributed by atoms with Gasteiger partial charge in [-0.25, -0.2) is 4.79 Å². The smallest absolute Gasteiger partial charge is 0.328 e. The highest BCUT2D eigenvalue weighted by Gasteiger charge is 2.05. The number of aliphatic carboxylic acids is 1. The average molecular weight is 264 g/mol. The summed E-state index contributed by atoms with van der Waals surface area (Å²) in [6.45, 7) is 4.92. The van der Waals surface area contributed by atoms with Crippen molar-refractivity contribution in [2.45, 2.75) is 20.3 Å². The quantitative estimate of drug-likeness (QED) is 0.768. The van der Waals surface area contributed by atoms with Crippen molar-refractivity contribution in [1.29, 1.82) is 0 Å². The van der Waals surface area contributed by atoms with Crippen LogP contribution in [-0.2, 0) is 4.79 Å². The van der Waals surface area contributed by atoms with Crippen LogP contribution in [0.1, 0.15) is 25.8 Å². The molecule has 0 bridgehead atoms. The summed E-state index contributed by atoms with van der Waals surface area (Å²) in [6.07, 6.45) is 3.58. The van der Waals surface area contributed by atoms with Crippen molar-refractivity contribution in [3.05, 3.63) is 29.8 Å². The van der Waals surface area contributed by atoms with Crippen LogP contribution in [-0.4, -0.2) is 24.8 Å². The second-order valence-corrected chi connectivity index (χ2v) is 4.61. The van der Waals surface area contributed by atoms with Gasteiger partial charge < -0.3 is 14.6 Å². The van der Waals surface area contributed by atoms with Gasteiger partial charge >= 0.3 is 5.97 Å². The van der Waals surface area contributed by atoms with Crippen molar-refractivity contribution in [2.75, 3.05) is 13.7 Å². The Labute approximate surface area is 113 Å². The lowest BCUT2D eigenvalue weighted by Crippen LogP contribution is -2.02. The molecule has 1 aromatic rings. The maximum Gasteiger partial charge on any atom is 0.328 e. The van der Waals surface area contributed by atoms with Crippen molar-refractivity contribution >= 4 is 12.0 Å². The van der Waals surface area contributed by atoms with Crippen LogP contribution in [0.5, 0.6) is 11.5 Å². The first kappa shape index (κ1) is 15.1. The van der Waals surface area contributed by atoms with Gasteiger partial charge in [0, 0.05) is 6.08 Å². The molecule has 0 heterocycles. The molecule has 1 N–H and O–H groups in total. The van der Waals surface area contributed by atoms with Crippen molar-refractivity contribution in [3.8, 4) is 11.5 Å². The molecule has 0 radical (unpaired) electrons. The van der Waals surface area contributed by atoms with Gasteiger partial charge in [-0.05, 0) is 36.1 Å². The molecule has 4 heteroatoms. The number of ether oxygens (including phenoxy) is 2. The molecule has 0 unspecified atom stereocenters. The van der Waals surface area contributed by atoms with E-state index in [1.54, 1.807) is 25.3 Å². The largest absolute Gasteiger partial charge is 0.493 e. The second kappa shape index (κ2) is 7.46. The van der Waals surface area contributed by atoms with Gasteiger partial charge in [-0.1, -0.05) is 19.9 Å². The van der Waals surface area contributed by atoms with E-state index < -0.39 is 5.97 Å². The first-order valence-corrected chi connectivity index (χ1v) is 6.24. The number of hydrogen-bond acceptors (Lipinski definition) is 3. The van der Waals surface area contributed by atoms with Crippen molar-refractivity contribution in [2.24, 2.45) is 5.92 Å². The summed E-state index contributed by atoms with van der Waals surface area (Å²) in [6, 6.07) is 5.34. The highest BCUT2D eigenvalue weighted by atomic mass is 16.5. The van der Waals surface area contributed by atoms with Gasteiger partial charge in [0.05, 0.1) is 13.7 Å². The molecule has 4 nitrogen and oxygen atoms in total. The zero-order chi connectivity index (χ0) is 14.3. The fraction of sp³-hybridized carbons (Fsp3) is 0.400. The number of hydrogen-bond donors (Lipinski definition) is 1. The SMILES string of the molecule is COc1cc(C=CC(=O)O)ccc1OCCC(C)C. The van der Waals surface area contributed by atoms with E-state index in [2.05, 4.69) is 13.8 Å². The van der Waals surface area contributed by atoms with Gasteiger partial charge in [-0.3, -0.25) is 0 Å². The minimum Gasteiger partial charge on any atom is -0.493 e. The molecule has 0 aromatic heterocycles. The lowest BCUT2D eigenvalue weighted by atomic mass is 10.1. The zero-order valence-electron chi connectivity index (χ0n) is 11.6. The minimum absolute atomic E-state index is 0.587. The Morgan fingerprint density at radius 3 is 2.68 bits per heavy atom. The van der Waals surface area contributed by atoms with Gasteiger partial charge in [-0.15, -0.1) is 0 Å². The zero-order valence-corrected chi connectivity index (χ0v) is 11.6. The summed E-state index contributed by atoms with van der Waals surface area (Å²) < 4.78 is 10.9. The summed E-state index contributed by atoms with van der Waals surface area (Å²) in [5, 5.41) is 8.58. The lowest BCUT2D eigenvalue weighted by Gasteiger charge is -2.12. The highest BCUT2D eigenvalue weighted by molar-refractivity contribution is 5.85. The number of carboxylic acid groups (broad SMARTS) is 1. The highest BCUT2D eigenvalue weighted by Crippen LogP contribution is 2.28. The van der Waals surface area contributed by atoms with Gasteiger partial charge in [0.2, 0.25) is 0 Å². The fourth-order valence-corrected chi connectivity index (χ4v) is 1.48. The molecule has 104 valence electrons. The lowest BCUT2D eigenvalue weighted by molar-refractivity contribution is -0.131. The van der Waals surface area contributed by atoms with Gasteiger partial charge in [0.25, 0.3) is 0 Å². The molecular formula is C15H20O4. The van der Waals surface area contributed by atoms with Crippen LogP contribution in [0, 0.1) is 5.92 Å². The summed E-state index contributed by atoms with van der Waals surface area (Å²) >= 11 is 0. The second-order valence-electron chi connectivity index (χ2n) is 4.61. The van der Waals surface area contributed by atoms with Crippen molar-refractivity contribution < 1.29 is 19.4 Å². The van der Waals surface area contributed by atoms with Crippen LogP contribution in [0.2, 0.25) is 0 Å². The molecule has 0 amide bonds. The molecule has 0 saturated carbocycles. The first-order chi connectivity index (χ1) is 9.02. The number of methoxy groups -OCH3 is 1. The normalized spacial score (nSPS) is 10.9. The molecule has 0 aliphatic rings. The summed E-state index contributed by atoms with van der Waals surface area (Å²) in [5.74, 6) is 0.895. The van der Waals surface area contributed by atoms with Crippen LogP contribution in [0.25, 0.3) is 6.08 Å². The fourth-order valence-electron chi connectivity index (χ4n) is 1.48. The van der Waals surface area contributed by atoms with Crippen LogP contribution in [0.3, 0.4) is 0 Å². The molecular weight excluding hydrogens is 244 g/mol. The van der Waals surface area contributed by atoms with Crippen LogP contribution >= 0.6 is 0 Å². The topological polar surface area (TPSA) is 55.8 Å². The summed E-state index contributed by atoms with van der Waals surface area (Å²) in [7, 11) is 1.56. The molecule has 0 fully saturated rings. The third-order valence-electron chi connectivity index (χ3n) is 2.56. The number of benzene rings is 1. The predicted octanol–water partition coefficient (Wildman–Crippen LogP) is 3.22. The van der Waals surface area contributed by atoms with E-state index >= 15 is 0 Å². The Bertz CT molecular complexity index is 449. The maximum atomic E-state index is 10.5. The molecule has 0 atom stereocenters. The molecule has 1 aromatic carbocycles. The van der Waals surface area contributed by atoms with E-state index in [0.29, 0.717) is 24.0 Å². The summed E-state index contributed by atoms with van der Waals surface area (Å²) in [4.78, 5) is 10.5. The number of carbonyl (C=O) groups is 1. The molecule has 19 heavy (non-hydrogen) atoms.